The van der Waals surface area contributed by atoms with E-state index in [1.165, 1.54) is 25.7 Å². The Morgan fingerprint density at radius 3 is 2.74 bits per heavy atom. The number of hydrogen-bond donors (Lipinski definition) is 2. The van der Waals surface area contributed by atoms with Crippen molar-refractivity contribution in [2.75, 3.05) is 5.73 Å². The number of rotatable bonds is 7. The van der Waals surface area contributed by atoms with Crippen molar-refractivity contribution in [1.82, 2.24) is 25.0 Å². The highest BCUT2D eigenvalue weighted by Crippen LogP contribution is 2.08. The van der Waals surface area contributed by atoms with Crippen molar-refractivity contribution >= 4 is 17.1 Å². The summed E-state index contributed by atoms with van der Waals surface area (Å²) in [5.41, 5.74) is 5.91. The Morgan fingerprint density at radius 1 is 1.21 bits per heavy atom. The minimum Gasteiger partial charge on any atom is -0.369 e. The third kappa shape index (κ3) is 3.30. The van der Waals surface area contributed by atoms with E-state index in [-0.39, 0.29) is 17.0 Å². The molecule has 0 radical (unpaired) electrons. The number of unbranched alkanes of at least 4 members (excludes halogenated alkanes) is 5. The van der Waals surface area contributed by atoms with Crippen molar-refractivity contribution in [3.8, 4) is 0 Å². The maximum absolute atomic E-state index is 11.6. The second-order valence-electron chi connectivity index (χ2n) is 4.70. The fourth-order valence-electron chi connectivity index (χ4n) is 2.08. The Kier molecular flexibility index (Phi) is 4.48. The summed E-state index contributed by atoms with van der Waals surface area (Å²) in [7, 11) is 0. The molecule has 0 atom stereocenters. The minimum absolute atomic E-state index is 0.101. The van der Waals surface area contributed by atoms with Crippen LogP contribution in [-0.2, 0) is 6.54 Å². The lowest BCUT2D eigenvalue weighted by Gasteiger charge is -2.02. The van der Waals surface area contributed by atoms with Gasteiger partial charge in [-0.3, -0.25) is 9.78 Å². The van der Waals surface area contributed by atoms with Gasteiger partial charge in [0, 0.05) is 6.54 Å². The Morgan fingerprint density at radius 2 is 1.95 bits per heavy atom. The number of aryl methyl sites for hydroxylation is 1. The van der Waals surface area contributed by atoms with E-state index >= 15 is 0 Å². The van der Waals surface area contributed by atoms with Gasteiger partial charge in [-0.25, -0.2) is 4.68 Å². The summed E-state index contributed by atoms with van der Waals surface area (Å²) in [5.74, 6) is 0.101. The first-order valence-corrected chi connectivity index (χ1v) is 6.81. The SMILES string of the molecule is CCCCCCCCn1nnc2c(=O)[nH]c(N)nc21. The molecular formula is C12H20N6O. The second-order valence-corrected chi connectivity index (χ2v) is 4.70. The predicted octanol–water partition coefficient (Wildman–Crippen LogP) is 1.46. The van der Waals surface area contributed by atoms with E-state index in [0.29, 0.717) is 5.65 Å². The molecule has 0 spiro atoms. The molecule has 0 unspecified atom stereocenters. The Labute approximate surface area is 111 Å². The van der Waals surface area contributed by atoms with Crippen LogP contribution < -0.4 is 11.3 Å². The molecular weight excluding hydrogens is 244 g/mol. The van der Waals surface area contributed by atoms with E-state index in [1.54, 1.807) is 4.68 Å². The first kappa shape index (κ1) is 13.5. The third-order valence-electron chi connectivity index (χ3n) is 3.12. The van der Waals surface area contributed by atoms with Gasteiger partial charge in [0.2, 0.25) is 5.95 Å². The summed E-state index contributed by atoms with van der Waals surface area (Å²) in [4.78, 5) is 18.1. The summed E-state index contributed by atoms with van der Waals surface area (Å²) in [6, 6.07) is 0. The number of nitrogens with zero attached hydrogens (tertiary/aromatic N) is 4. The Balaban J connectivity index is 1.96. The standard InChI is InChI=1S/C12H20N6O/c1-2-3-4-5-6-7-8-18-10-9(16-17-18)11(19)15-12(13)14-10/h2-8H2,1H3,(H3,13,14,15,19). The van der Waals surface area contributed by atoms with Gasteiger partial charge in [0.15, 0.2) is 11.2 Å². The lowest BCUT2D eigenvalue weighted by Crippen LogP contribution is -2.12. The molecule has 0 aliphatic rings. The van der Waals surface area contributed by atoms with Gasteiger partial charge >= 0.3 is 0 Å². The summed E-state index contributed by atoms with van der Waals surface area (Å²) in [6.07, 6.45) is 7.21. The fraction of sp³-hybridized carbons (Fsp3) is 0.667. The monoisotopic (exact) mass is 264 g/mol. The molecule has 0 bridgehead atoms. The molecule has 0 saturated carbocycles. The van der Waals surface area contributed by atoms with Crippen LogP contribution in [0, 0.1) is 0 Å². The molecule has 3 N–H and O–H groups in total. The summed E-state index contributed by atoms with van der Waals surface area (Å²) < 4.78 is 1.65. The van der Waals surface area contributed by atoms with Crippen LogP contribution in [0.15, 0.2) is 4.79 Å². The lowest BCUT2D eigenvalue weighted by atomic mass is 10.1. The molecule has 2 rings (SSSR count). The van der Waals surface area contributed by atoms with Crippen molar-refractivity contribution in [3.63, 3.8) is 0 Å². The number of nitrogens with two attached hydrogens (primary N) is 1. The van der Waals surface area contributed by atoms with Crippen LogP contribution in [0.5, 0.6) is 0 Å². The number of nitrogens with one attached hydrogen (secondary N) is 1. The average molecular weight is 264 g/mol. The van der Waals surface area contributed by atoms with E-state index in [9.17, 15) is 4.79 Å². The van der Waals surface area contributed by atoms with E-state index in [0.717, 1.165) is 19.4 Å². The summed E-state index contributed by atoms with van der Waals surface area (Å²) in [5, 5.41) is 7.80. The second kappa shape index (κ2) is 6.31. The largest absolute Gasteiger partial charge is 0.369 e. The van der Waals surface area contributed by atoms with Gasteiger partial charge in [0.05, 0.1) is 0 Å². The first-order valence-electron chi connectivity index (χ1n) is 6.81. The van der Waals surface area contributed by atoms with E-state index < -0.39 is 0 Å². The van der Waals surface area contributed by atoms with Gasteiger partial charge < -0.3 is 5.73 Å². The highest BCUT2D eigenvalue weighted by Gasteiger charge is 2.10. The zero-order chi connectivity index (χ0) is 13.7. The Bertz CT molecular complexity index is 587. The van der Waals surface area contributed by atoms with E-state index in [2.05, 4.69) is 27.2 Å². The molecule has 7 nitrogen and oxygen atoms in total. The van der Waals surface area contributed by atoms with Crippen LogP contribution in [0.3, 0.4) is 0 Å². The van der Waals surface area contributed by atoms with Gasteiger partial charge in [0.1, 0.15) is 0 Å². The fourth-order valence-corrected chi connectivity index (χ4v) is 2.08. The molecule has 0 saturated heterocycles. The molecule has 2 aromatic rings. The molecule has 7 heteroatoms. The molecule has 2 heterocycles. The molecule has 0 amide bonds. The van der Waals surface area contributed by atoms with Crippen LogP contribution in [0.2, 0.25) is 0 Å². The van der Waals surface area contributed by atoms with Crippen LogP contribution >= 0.6 is 0 Å². The molecule has 104 valence electrons. The van der Waals surface area contributed by atoms with Gasteiger partial charge in [-0.1, -0.05) is 44.2 Å². The molecule has 0 aliphatic carbocycles. The molecule has 19 heavy (non-hydrogen) atoms. The van der Waals surface area contributed by atoms with Crippen LogP contribution in [0.4, 0.5) is 5.95 Å². The zero-order valence-electron chi connectivity index (χ0n) is 11.2. The highest BCUT2D eigenvalue weighted by molar-refractivity contribution is 5.69. The third-order valence-corrected chi connectivity index (χ3v) is 3.12. The zero-order valence-corrected chi connectivity index (χ0v) is 11.2. The molecule has 0 fully saturated rings. The minimum atomic E-state index is -0.336. The van der Waals surface area contributed by atoms with Crippen molar-refractivity contribution in [1.29, 1.82) is 0 Å². The van der Waals surface area contributed by atoms with Crippen molar-refractivity contribution in [2.24, 2.45) is 0 Å². The number of fused-ring (bicyclic) bond motifs is 1. The number of hydrogen-bond acceptors (Lipinski definition) is 5. The number of anilines is 1. The summed E-state index contributed by atoms with van der Waals surface area (Å²) >= 11 is 0. The quantitative estimate of drug-likeness (QED) is 0.737. The predicted molar refractivity (Wildman–Crippen MR) is 73.7 cm³/mol. The average Bonchev–Trinajstić information content (AvgIpc) is 2.77. The van der Waals surface area contributed by atoms with Gasteiger partial charge in [-0.15, -0.1) is 5.10 Å². The lowest BCUT2D eigenvalue weighted by molar-refractivity contribution is 0.524. The van der Waals surface area contributed by atoms with Crippen molar-refractivity contribution in [2.45, 2.75) is 52.0 Å². The highest BCUT2D eigenvalue weighted by atomic mass is 16.1. The number of H-pyrrole nitrogens is 1. The number of aromatic nitrogens is 5. The van der Waals surface area contributed by atoms with Crippen LogP contribution in [0.25, 0.3) is 11.2 Å². The van der Waals surface area contributed by atoms with Gasteiger partial charge in [0.25, 0.3) is 5.56 Å². The van der Waals surface area contributed by atoms with E-state index in [1.807, 2.05) is 0 Å². The maximum atomic E-state index is 11.6. The van der Waals surface area contributed by atoms with Gasteiger partial charge in [-0.05, 0) is 6.42 Å². The van der Waals surface area contributed by atoms with Gasteiger partial charge in [-0.2, -0.15) is 4.98 Å². The number of nitrogen functional groups attached to an aromatic ring is 1. The Hall–Kier alpha value is -1.92. The molecule has 2 aromatic heterocycles. The van der Waals surface area contributed by atoms with Crippen molar-refractivity contribution < 1.29 is 0 Å². The first-order chi connectivity index (χ1) is 9.22. The van der Waals surface area contributed by atoms with Crippen molar-refractivity contribution in [3.05, 3.63) is 10.4 Å². The van der Waals surface area contributed by atoms with Crippen LogP contribution in [0.1, 0.15) is 45.4 Å². The normalized spacial score (nSPS) is 11.2. The molecule has 0 aliphatic heterocycles. The number of aromatic amines is 1. The maximum Gasteiger partial charge on any atom is 0.282 e. The molecule has 0 aromatic carbocycles. The summed E-state index contributed by atoms with van der Waals surface area (Å²) in [6.45, 7) is 2.92. The van der Waals surface area contributed by atoms with Crippen LogP contribution in [-0.4, -0.2) is 25.0 Å². The smallest absolute Gasteiger partial charge is 0.282 e. The van der Waals surface area contributed by atoms with E-state index in [4.69, 9.17) is 5.73 Å². The topological polar surface area (TPSA) is 102 Å².